The molecule has 150 valence electrons. The van der Waals surface area contributed by atoms with E-state index in [0.717, 1.165) is 35.3 Å². The first-order valence-corrected chi connectivity index (χ1v) is 10.2. The van der Waals surface area contributed by atoms with E-state index in [4.69, 9.17) is 27.9 Å². The van der Waals surface area contributed by atoms with Gasteiger partial charge in [-0.1, -0.05) is 35.3 Å². The van der Waals surface area contributed by atoms with Gasteiger partial charge >= 0.3 is 0 Å². The molecule has 0 spiro atoms. The minimum atomic E-state index is -0.0189. The van der Waals surface area contributed by atoms with Gasteiger partial charge in [0, 0.05) is 49.7 Å². The van der Waals surface area contributed by atoms with E-state index < -0.39 is 0 Å². The minimum Gasteiger partial charge on any atom is -0.497 e. The molecule has 3 aromatic rings. The summed E-state index contributed by atoms with van der Waals surface area (Å²) >= 11 is 12.6. The van der Waals surface area contributed by atoms with Crippen molar-refractivity contribution in [3.05, 3.63) is 69.8 Å². The molecule has 0 aliphatic carbocycles. The Bertz CT molecular complexity index is 1050. The number of rotatable bonds is 4. The van der Waals surface area contributed by atoms with E-state index in [-0.39, 0.29) is 5.91 Å². The monoisotopic (exact) mass is 429 g/mol. The second-order valence-electron chi connectivity index (χ2n) is 7.05. The van der Waals surface area contributed by atoms with Gasteiger partial charge in [-0.05, 0) is 30.3 Å². The second-order valence-corrected chi connectivity index (χ2v) is 7.81. The van der Waals surface area contributed by atoms with Crippen molar-refractivity contribution < 1.29 is 9.53 Å². The zero-order valence-electron chi connectivity index (χ0n) is 16.1. The van der Waals surface area contributed by atoms with Gasteiger partial charge in [0.15, 0.2) is 0 Å². The van der Waals surface area contributed by atoms with Gasteiger partial charge in [0.1, 0.15) is 10.9 Å². The number of piperazine rings is 1. The smallest absolute Gasteiger partial charge is 0.255 e. The lowest BCUT2D eigenvalue weighted by atomic mass is 10.1. The number of pyridine rings is 1. The van der Waals surface area contributed by atoms with Crippen LogP contribution in [0.4, 0.5) is 0 Å². The topological polar surface area (TPSA) is 45.7 Å². The number of hydrogen-bond acceptors (Lipinski definition) is 4. The molecule has 0 N–H and O–H groups in total. The first-order chi connectivity index (χ1) is 14.0. The van der Waals surface area contributed by atoms with Crippen molar-refractivity contribution in [1.29, 1.82) is 0 Å². The molecular formula is C22H21Cl2N3O2. The van der Waals surface area contributed by atoms with Crippen LogP contribution in [0.15, 0.2) is 48.5 Å². The van der Waals surface area contributed by atoms with E-state index in [1.165, 1.54) is 0 Å². The van der Waals surface area contributed by atoms with Crippen LogP contribution in [0.5, 0.6) is 5.75 Å². The zero-order chi connectivity index (χ0) is 20.4. The normalized spacial score (nSPS) is 14.9. The lowest BCUT2D eigenvalue weighted by molar-refractivity contribution is 0.0628. The van der Waals surface area contributed by atoms with Crippen LogP contribution in [0, 0.1) is 0 Å². The van der Waals surface area contributed by atoms with Crippen molar-refractivity contribution in [2.24, 2.45) is 0 Å². The molecule has 0 radical (unpaired) electrons. The fourth-order valence-electron chi connectivity index (χ4n) is 3.56. The molecule has 5 nitrogen and oxygen atoms in total. The Hall–Kier alpha value is -2.34. The Morgan fingerprint density at radius 2 is 1.83 bits per heavy atom. The molecule has 1 aliphatic rings. The van der Waals surface area contributed by atoms with Crippen LogP contribution in [0.1, 0.15) is 15.9 Å². The molecule has 0 atom stereocenters. The number of fused-ring (bicyclic) bond motifs is 1. The average molecular weight is 430 g/mol. The number of benzene rings is 2. The summed E-state index contributed by atoms with van der Waals surface area (Å²) in [5.41, 5.74) is 2.35. The first-order valence-electron chi connectivity index (χ1n) is 9.44. The number of nitrogens with zero attached hydrogens (tertiary/aromatic N) is 3. The minimum absolute atomic E-state index is 0.0189. The highest BCUT2D eigenvalue weighted by atomic mass is 35.5. The lowest BCUT2D eigenvalue weighted by Gasteiger charge is -2.35. The largest absolute Gasteiger partial charge is 0.497 e. The molecule has 0 unspecified atom stereocenters. The standard InChI is InChI=1S/C22H21Cl2N3O2/c1-29-17-7-6-15-12-16(21(24)25-20(15)13-17)14-26-8-10-27(11-9-26)22(28)18-4-2-3-5-19(18)23/h2-7,12-13H,8-11,14H2,1H3. The molecule has 1 amide bonds. The highest BCUT2D eigenvalue weighted by Gasteiger charge is 2.24. The van der Waals surface area contributed by atoms with Crippen molar-refractivity contribution in [2.45, 2.75) is 6.54 Å². The number of carbonyl (C=O) groups is 1. The van der Waals surface area contributed by atoms with Crippen LogP contribution < -0.4 is 4.74 Å². The van der Waals surface area contributed by atoms with Crippen molar-refractivity contribution >= 4 is 40.0 Å². The Labute approximate surface area is 179 Å². The number of halogens is 2. The highest BCUT2D eigenvalue weighted by molar-refractivity contribution is 6.33. The number of amides is 1. The van der Waals surface area contributed by atoms with E-state index in [9.17, 15) is 4.79 Å². The van der Waals surface area contributed by atoms with Gasteiger partial charge in [-0.2, -0.15) is 0 Å². The SMILES string of the molecule is COc1ccc2cc(CN3CCN(C(=O)c4ccccc4Cl)CC3)c(Cl)nc2c1. The molecule has 1 aromatic heterocycles. The molecular weight excluding hydrogens is 409 g/mol. The molecule has 0 saturated carbocycles. The lowest BCUT2D eigenvalue weighted by Crippen LogP contribution is -2.48. The Morgan fingerprint density at radius 1 is 1.07 bits per heavy atom. The summed E-state index contributed by atoms with van der Waals surface area (Å²) in [7, 11) is 1.63. The third kappa shape index (κ3) is 4.32. The Kier molecular flexibility index (Phi) is 5.90. The zero-order valence-corrected chi connectivity index (χ0v) is 17.6. The maximum atomic E-state index is 12.7. The molecule has 1 fully saturated rings. The van der Waals surface area contributed by atoms with Gasteiger partial charge in [0.2, 0.25) is 0 Å². The van der Waals surface area contributed by atoms with Crippen molar-refractivity contribution in [2.75, 3.05) is 33.3 Å². The van der Waals surface area contributed by atoms with E-state index in [0.29, 0.717) is 35.4 Å². The van der Waals surface area contributed by atoms with Gasteiger partial charge in [0.05, 0.1) is 23.2 Å². The maximum absolute atomic E-state index is 12.7. The third-order valence-corrected chi connectivity index (χ3v) is 5.87. The Balaban J connectivity index is 1.42. The van der Waals surface area contributed by atoms with E-state index in [1.54, 1.807) is 19.2 Å². The summed E-state index contributed by atoms with van der Waals surface area (Å²) in [6.07, 6.45) is 0. The summed E-state index contributed by atoms with van der Waals surface area (Å²) in [6, 6.07) is 15.0. The third-order valence-electron chi connectivity index (χ3n) is 5.21. The predicted octanol–water partition coefficient (Wildman–Crippen LogP) is 4.51. The van der Waals surface area contributed by atoms with E-state index in [2.05, 4.69) is 16.0 Å². The van der Waals surface area contributed by atoms with Crippen LogP contribution in [0.25, 0.3) is 10.9 Å². The molecule has 7 heteroatoms. The van der Waals surface area contributed by atoms with Crippen molar-refractivity contribution in [1.82, 2.24) is 14.8 Å². The molecule has 2 heterocycles. The second kappa shape index (κ2) is 8.57. The van der Waals surface area contributed by atoms with Gasteiger partial charge in [-0.3, -0.25) is 9.69 Å². The van der Waals surface area contributed by atoms with Gasteiger partial charge in [-0.15, -0.1) is 0 Å². The number of hydrogen-bond donors (Lipinski definition) is 0. The molecule has 0 bridgehead atoms. The van der Waals surface area contributed by atoms with E-state index in [1.807, 2.05) is 35.2 Å². The number of carbonyl (C=O) groups excluding carboxylic acids is 1. The molecule has 2 aromatic carbocycles. The summed E-state index contributed by atoms with van der Waals surface area (Å²) in [5, 5.41) is 2.02. The summed E-state index contributed by atoms with van der Waals surface area (Å²) in [4.78, 5) is 21.4. The van der Waals surface area contributed by atoms with Crippen molar-refractivity contribution in [3.63, 3.8) is 0 Å². The fraction of sp³-hybridized carbons (Fsp3) is 0.273. The number of ether oxygens (including phenoxy) is 1. The van der Waals surface area contributed by atoms with Gasteiger partial charge in [-0.25, -0.2) is 4.98 Å². The number of aromatic nitrogens is 1. The van der Waals surface area contributed by atoms with Crippen LogP contribution in [-0.2, 0) is 6.54 Å². The van der Waals surface area contributed by atoms with Gasteiger partial charge in [0.25, 0.3) is 5.91 Å². The van der Waals surface area contributed by atoms with E-state index >= 15 is 0 Å². The fourth-order valence-corrected chi connectivity index (χ4v) is 3.98. The Morgan fingerprint density at radius 3 is 2.55 bits per heavy atom. The molecule has 4 rings (SSSR count). The van der Waals surface area contributed by atoms with Gasteiger partial charge < -0.3 is 9.64 Å². The average Bonchev–Trinajstić information content (AvgIpc) is 2.74. The quantitative estimate of drug-likeness (QED) is 0.572. The van der Waals surface area contributed by atoms with Crippen LogP contribution >= 0.6 is 23.2 Å². The molecule has 29 heavy (non-hydrogen) atoms. The maximum Gasteiger partial charge on any atom is 0.255 e. The van der Waals surface area contributed by atoms with Crippen molar-refractivity contribution in [3.8, 4) is 5.75 Å². The number of methoxy groups -OCH3 is 1. The highest BCUT2D eigenvalue weighted by Crippen LogP contribution is 2.26. The summed E-state index contributed by atoms with van der Waals surface area (Å²) in [6.45, 7) is 3.54. The summed E-state index contributed by atoms with van der Waals surface area (Å²) in [5.74, 6) is 0.739. The molecule has 1 saturated heterocycles. The van der Waals surface area contributed by atoms with Crippen LogP contribution in [0.2, 0.25) is 10.2 Å². The van der Waals surface area contributed by atoms with Crippen LogP contribution in [-0.4, -0.2) is 54.0 Å². The molecule has 1 aliphatic heterocycles. The van der Waals surface area contributed by atoms with Crippen LogP contribution in [0.3, 0.4) is 0 Å². The predicted molar refractivity (Wildman–Crippen MR) is 116 cm³/mol. The first kappa shape index (κ1) is 20.0. The summed E-state index contributed by atoms with van der Waals surface area (Å²) < 4.78 is 5.25.